The Bertz CT molecular complexity index is 757. The number of hydrogen-bond acceptors (Lipinski definition) is 5. The number of allylic oxidation sites excluding steroid dienone is 3. The fourth-order valence-corrected chi connectivity index (χ4v) is 4.54. The highest BCUT2D eigenvalue weighted by molar-refractivity contribution is 8.26. The van der Waals surface area contributed by atoms with Crippen LogP contribution in [0.15, 0.2) is 41.3 Å². The third kappa shape index (κ3) is 4.30. The SMILES string of the molecule is COc1ccc(CCN2C(=O)/C(=C/C3CC=CCC3)SC2=S)cc1OC. The Morgan fingerprint density at radius 1 is 1.27 bits per heavy atom. The molecule has 138 valence electrons. The van der Waals surface area contributed by atoms with Crippen LogP contribution in [0.4, 0.5) is 0 Å². The predicted molar refractivity (Wildman–Crippen MR) is 110 cm³/mol. The summed E-state index contributed by atoms with van der Waals surface area (Å²) >= 11 is 6.86. The van der Waals surface area contributed by atoms with Crippen LogP contribution in [0.3, 0.4) is 0 Å². The molecule has 1 unspecified atom stereocenters. The van der Waals surface area contributed by atoms with Crippen molar-refractivity contribution in [3.63, 3.8) is 0 Å². The van der Waals surface area contributed by atoms with Gasteiger partial charge in [0.05, 0.1) is 19.1 Å². The molecule has 0 spiro atoms. The predicted octanol–water partition coefficient (Wildman–Crippen LogP) is 4.35. The van der Waals surface area contributed by atoms with Gasteiger partial charge in [-0.1, -0.05) is 48.3 Å². The van der Waals surface area contributed by atoms with Crippen LogP contribution in [0.1, 0.15) is 24.8 Å². The second-order valence-electron chi connectivity index (χ2n) is 6.34. The molecule has 1 fully saturated rings. The normalized spacial score (nSPS) is 21.5. The first kappa shape index (κ1) is 19.0. The zero-order valence-corrected chi connectivity index (χ0v) is 16.7. The minimum absolute atomic E-state index is 0.0371. The average molecular weight is 390 g/mol. The number of rotatable bonds is 6. The summed E-state index contributed by atoms with van der Waals surface area (Å²) in [6.07, 6.45) is 10.4. The van der Waals surface area contributed by atoms with Gasteiger partial charge in [0.1, 0.15) is 4.32 Å². The molecule has 1 atom stereocenters. The Morgan fingerprint density at radius 2 is 2.08 bits per heavy atom. The van der Waals surface area contributed by atoms with E-state index in [2.05, 4.69) is 18.2 Å². The highest BCUT2D eigenvalue weighted by Crippen LogP contribution is 2.34. The lowest BCUT2D eigenvalue weighted by molar-refractivity contribution is -0.122. The van der Waals surface area contributed by atoms with Gasteiger partial charge in [0.15, 0.2) is 11.5 Å². The molecule has 1 amide bonds. The smallest absolute Gasteiger partial charge is 0.265 e. The Balaban J connectivity index is 1.65. The number of carbonyl (C=O) groups is 1. The maximum absolute atomic E-state index is 12.7. The molecule has 0 bridgehead atoms. The molecule has 0 saturated carbocycles. The van der Waals surface area contributed by atoms with Crippen molar-refractivity contribution in [1.82, 2.24) is 4.90 Å². The Hall–Kier alpha value is -1.79. The summed E-state index contributed by atoms with van der Waals surface area (Å²) in [6.45, 7) is 0.571. The van der Waals surface area contributed by atoms with E-state index in [9.17, 15) is 4.79 Å². The monoisotopic (exact) mass is 389 g/mol. The van der Waals surface area contributed by atoms with Crippen LogP contribution in [0.2, 0.25) is 0 Å². The summed E-state index contributed by atoms with van der Waals surface area (Å²) in [7, 11) is 3.24. The number of ether oxygens (including phenoxy) is 2. The standard InChI is InChI=1S/C20H23NO3S2/c1-23-16-9-8-15(12-17(16)24-2)10-11-21-19(22)18(26-20(21)25)13-14-6-4-3-5-7-14/h3-4,8-9,12-14H,5-7,10-11H2,1-2H3/b18-13-. The van der Waals surface area contributed by atoms with Gasteiger partial charge in [-0.05, 0) is 49.3 Å². The van der Waals surface area contributed by atoms with E-state index in [-0.39, 0.29) is 5.91 Å². The number of thioether (sulfide) groups is 1. The molecule has 6 heteroatoms. The molecule has 26 heavy (non-hydrogen) atoms. The number of benzene rings is 1. The van der Waals surface area contributed by atoms with Gasteiger partial charge < -0.3 is 9.47 Å². The molecule has 1 saturated heterocycles. The van der Waals surface area contributed by atoms with E-state index < -0.39 is 0 Å². The van der Waals surface area contributed by atoms with Crippen molar-refractivity contribution in [2.24, 2.45) is 5.92 Å². The summed E-state index contributed by atoms with van der Waals surface area (Å²) in [5.41, 5.74) is 1.08. The molecular weight excluding hydrogens is 366 g/mol. The van der Waals surface area contributed by atoms with Crippen LogP contribution in [0, 0.1) is 5.92 Å². The molecule has 1 aliphatic heterocycles. The van der Waals surface area contributed by atoms with Crippen LogP contribution in [-0.2, 0) is 11.2 Å². The van der Waals surface area contributed by atoms with Gasteiger partial charge in [-0.3, -0.25) is 9.69 Å². The van der Waals surface area contributed by atoms with Gasteiger partial charge >= 0.3 is 0 Å². The summed E-state index contributed by atoms with van der Waals surface area (Å²) in [4.78, 5) is 15.2. The Labute approximate surface area is 164 Å². The van der Waals surface area contributed by atoms with Gasteiger partial charge in [-0.25, -0.2) is 0 Å². The van der Waals surface area contributed by atoms with Gasteiger partial charge in [0, 0.05) is 6.54 Å². The van der Waals surface area contributed by atoms with E-state index >= 15 is 0 Å². The maximum atomic E-state index is 12.7. The second kappa shape index (κ2) is 8.73. The van der Waals surface area contributed by atoms with Crippen molar-refractivity contribution < 1.29 is 14.3 Å². The number of hydrogen-bond donors (Lipinski definition) is 0. The number of nitrogens with zero attached hydrogens (tertiary/aromatic N) is 1. The Kier molecular flexibility index (Phi) is 6.38. The molecule has 3 rings (SSSR count). The van der Waals surface area contributed by atoms with Crippen LogP contribution in [0.25, 0.3) is 0 Å². The first-order valence-electron chi connectivity index (χ1n) is 8.73. The number of amides is 1. The van der Waals surface area contributed by atoms with E-state index in [1.165, 1.54) is 11.8 Å². The largest absolute Gasteiger partial charge is 0.493 e. The van der Waals surface area contributed by atoms with Crippen LogP contribution in [0.5, 0.6) is 11.5 Å². The van der Waals surface area contributed by atoms with Crippen molar-refractivity contribution in [3.05, 3.63) is 46.9 Å². The Morgan fingerprint density at radius 3 is 2.77 bits per heavy atom. The number of methoxy groups -OCH3 is 2. The van der Waals surface area contributed by atoms with Gasteiger partial charge in [-0.15, -0.1) is 0 Å². The lowest BCUT2D eigenvalue weighted by Gasteiger charge is -2.16. The lowest BCUT2D eigenvalue weighted by atomic mass is 9.94. The van der Waals surface area contributed by atoms with Crippen molar-refractivity contribution in [2.45, 2.75) is 25.7 Å². The van der Waals surface area contributed by atoms with Crippen molar-refractivity contribution in [1.29, 1.82) is 0 Å². The van der Waals surface area contributed by atoms with E-state index in [1.54, 1.807) is 19.1 Å². The minimum atomic E-state index is 0.0371. The number of thiocarbonyl (C=S) groups is 1. The third-order valence-electron chi connectivity index (χ3n) is 4.64. The molecule has 1 heterocycles. The molecule has 2 aliphatic rings. The lowest BCUT2D eigenvalue weighted by Crippen LogP contribution is -2.30. The highest BCUT2D eigenvalue weighted by atomic mass is 32.2. The summed E-state index contributed by atoms with van der Waals surface area (Å²) < 4.78 is 11.3. The molecule has 0 N–H and O–H groups in total. The fourth-order valence-electron chi connectivity index (χ4n) is 3.17. The van der Waals surface area contributed by atoms with Crippen molar-refractivity contribution >= 4 is 34.2 Å². The summed E-state index contributed by atoms with van der Waals surface area (Å²) in [5, 5.41) is 0. The number of carbonyl (C=O) groups excluding carboxylic acids is 1. The van der Waals surface area contributed by atoms with Crippen LogP contribution < -0.4 is 9.47 Å². The first-order chi connectivity index (χ1) is 12.6. The molecule has 0 aromatic heterocycles. The van der Waals surface area contributed by atoms with Crippen molar-refractivity contribution in [2.75, 3.05) is 20.8 Å². The van der Waals surface area contributed by atoms with Crippen molar-refractivity contribution in [3.8, 4) is 11.5 Å². The minimum Gasteiger partial charge on any atom is -0.493 e. The molecule has 1 aliphatic carbocycles. The van der Waals surface area contributed by atoms with Crippen LogP contribution >= 0.6 is 24.0 Å². The second-order valence-corrected chi connectivity index (χ2v) is 8.02. The zero-order chi connectivity index (χ0) is 18.5. The van der Waals surface area contributed by atoms with E-state index in [4.69, 9.17) is 21.7 Å². The fraction of sp³-hybridized carbons (Fsp3) is 0.400. The molecule has 4 nitrogen and oxygen atoms in total. The molecule has 0 radical (unpaired) electrons. The topological polar surface area (TPSA) is 38.8 Å². The van der Waals surface area contributed by atoms with Crippen LogP contribution in [-0.4, -0.2) is 35.9 Å². The van der Waals surface area contributed by atoms with E-state index in [0.29, 0.717) is 34.7 Å². The highest BCUT2D eigenvalue weighted by Gasteiger charge is 2.32. The van der Waals surface area contributed by atoms with Gasteiger partial charge in [-0.2, -0.15) is 0 Å². The maximum Gasteiger partial charge on any atom is 0.265 e. The summed E-state index contributed by atoms with van der Waals surface area (Å²) in [6, 6.07) is 5.82. The van der Waals surface area contributed by atoms with E-state index in [1.807, 2.05) is 18.2 Å². The third-order valence-corrected chi connectivity index (χ3v) is 6.04. The molecule has 1 aromatic carbocycles. The van der Waals surface area contributed by atoms with Gasteiger partial charge in [0.2, 0.25) is 0 Å². The first-order valence-corrected chi connectivity index (χ1v) is 9.96. The van der Waals surface area contributed by atoms with E-state index in [0.717, 1.165) is 29.7 Å². The summed E-state index contributed by atoms with van der Waals surface area (Å²) in [5.74, 6) is 1.88. The quantitative estimate of drug-likeness (QED) is 0.411. The molecular formula is C20H23NO3S2. The zero-order valence-electron chi connectivity index (χ0n) is 15.1. The van der Waals surface area contributed by atoms with Gasteiger partial charge in [0.25, 0.3) is 5.91 Å². The average Bonchev–Trinajstić information content (AvgIpc) is 2.93. The molecule has 1 aromatic rings.